The molecular weight excluding hydrogens is 968 g/mol. The molecule has 0 unspecified atom stereocenters. The summed E-state index contributed by atoms with van der Waals surface area (Å²) in [7, 11) is 4.24. The summed E-state index contributed by atoms with van der Waals surface area (Å²) >= 11 is 0. The van der Waals surface area contributed by atoms with Gasteiger partial charge in [0.2, 0.25) is 0 Å². The van der Waals surface area contributed by atoms with Crippen LogP contribution in [0.3, 0.4) is 0 Å². The van der Waals surface area contributed by atoms with Crippen molar-refractivity contribution in [2.24, 2.45) is 0 Å². The molecule has 0 saturated carbocycles. The zero-order chi connectivity index (χ0) is 50.6. The van der Waals surface area contributed by atoms with Gasteiger partial charge in [-0.2, -0.15) is 127 Å². The second kappa shape index (κ2) is 18.9. The van der Waals surface area contributed by atoms with Gasteiger partial charge in [0.05, 0.1) is 58.6 Å². The monoisotopic (exact) mass is 992 g/mol. The minimum Gasteiger partial charge on any atom is -0.307 e. The van der Waals surface area contributed by atoms with Crippen LogP contribution in [0.4, 0.5) is 111 Å². The topological polar surface area (TPSA) is 4.44 Å². The van der Waals surface area contributed by atoms with E-state index in [9.17, 15) is 105 Å². The third-order valence-electron chi connectivity index (χ3n) is 9.79. The third kappa shape index (κ3) is 13.2. The first-order valence-corrected chi connectivity index (χ1v) is 17.8. The molecular formula is C40H24BF24LiN+. The molecule has 0 fully saturated rings. The second-order valence-electron chi connectivity index (χ2n) is 14.6. The van der Waals surface area contributed by atoms with Gasteiger partial charge in [0.25, 0.3) is 0 Å². The Hall–Kier alpha value is -4.96. The summed E-state index contributed by atoms with van der Waals surface area (Å²) in [6.07, 6.45) is -54.8. The molecule has 5 aromatic rings. The predicted octanol–water partition coefficient (Wildman–Crippen LogP) is 8.68. The van der Waals surface area contributed by atoms with Gasteiger partial charge in [-0.1, -0.05) is 66.7 Å². The van der Waals surface area contributed by atoms with Crippen LogP contribution >= 0.6 is 0 Å². The van der Waals surface area contributed by atoms with E-state index in [1.807, 2.05) is 6.07 Å². The van der Waals surface area contributed by atoms with Gasteiger partial charge in [0.15, 0.2) is 0 Å². The molecule has 0 radical (unpaired) electrons. The number of hydrogen-bond donors (Lipinski definition) is 1. The summed E-state index contributed by atoms with van der Waals surface area (Å²) < 4.78 is 341. The molecule has 0 amide bonds. The molecule has 0 saturated heterocycles. The van der Waals surface area contributed by atoms with Gasteiger partial charge in [-0.05, 0) is 36.4 Å². The fourth-order valence-corrected chi connectivity index (χ4v) is 6.84. The minimum absolute atomic E-state index is 0. The molecule has 0 heterocycles. The summed E-state index contributed by atoms with van der Waals surface area (Å²) in [6.45, 7) is 0. The van der Waals surface area contributed by atoms with Gasteiger partial charge in [-0.25, -0.2) is 0 Å². The molecule has 0 aromatic heterocycles. The number of rotatable bonds is 5. The maximum atomic E-state index is 14.2. The van der Waals surface area contributed by atoms with E-state index in [2.05, 4.69) is 38.4 Å². The fourth-order valence-electron chi connectivity index (χ4n) is 6.84. The second-order valence-corrected chi connectivity index (χ2v) is 14.6. The van der Waals surface area contributed by atoms with E-state index in [-0.39, 0.29) is 18.9 Å². The van der Waals surface area contributed by atoms with Crippen LogP contribution in [0.25, 0.3) is 0 Å². The van der Waals surface area contributed by atoms with Crippen molar-refractivity contribution in [3.63, 3.8) is 0 Å². The van der Waals surface area contributed by atoms with Gasteiger partial charge < -0.3 is 4.90 Å². The van der Waals surface area contributed by atoms with Crippen molar-refractivity contribution < 1.29 is 129 Å². The molecule has 5 rings (SSSR count). The van der Waals surface area contributed by atoms with Crippen molar-refractivity contribution in [1.29, 1.82) is 0 Å². The summed E-state index contributed by atoms with van der Waals surface area (Å²) in [5.74, 6) is 0. The van der Waals surface area contributed by atoms with Crippen molar-refractivity contribution in [3.05, 3.63) is 148 Å². The average molecular weight is 992 g/mol. The number of hydrogen-bond acceptors (Lipinski definition) is 0. The summed E-state index contributed by atoms with van der Waals surface area (Å²) in [5.41, 5.74) is -28.9. The van der Waals surface area contributed by atoms with Crippen LogP contribution in [0.2, 0.25) is 0 Å². The van der Waals surface area contributed by atoms with E-state index < -0.39 is 195 Å². The Morgan fingerprint density at radius 3 is 0.567 bits per heavy atom. The van der Waals surface area contributed by atoms with Crippen molar-refractivity contribution >= 4 is 33.7 Å². The van der Waals surface area contributed by atoms with E-state index in [0.717, 1.165) is 0 Å². The predicted molar refractivity (Wildman–Crippen MR) is 189 cm³/mol. The SMILES string of the molecule is C[NH+](C)c1ccccc1.FC(F)(F)c1cc([B-](c2cc(C(F)(F)F)cc(C(F)(F)F)c2)(c2cc(C(F)(F)F)cc(C(F)(F)F)c2)c2cc(C(F)(F)F)cc(C(F)(F)F)c2)cc(C(F)(F)F)c1.[Li+]. The van der Waals surface area contributed by atoms with E-state index in [0.29, 0.717) is 0 Å². The van der Waals surface area contributed by atoms with Crippen LogP contribution < -0.4 is 45.6 Å². The number of alkyl halides is 24. The van der Waals surface area contributed by atoms with Gasteiger partial charge in [0.1, 0.15) is 11.8 Å². The Morgan fingerprint density at radius 2 is 0.448 bits per heavy atom. The van der Waals surface area contributed by atoms with Crippen molar-refractivity contribution in [3.8, 4) is 0 Å². The van der Waals surface area contributed by atoms with Gasteiger partial charge in [-0.15, -0.1) is 0 Å². The first-order chi connectivity index (χ1) is 29.6. The van der Waals surface area contributed by atoms with Crippen LogP contribution in [0.5, 0.6) is 0 Å². The average Bonchev–Trinajstić information content (AvgIpc) is 3.15. The molecule has 0 bridgehead atoms. The van der Waals surface area contributed by atoms with E-state index in [1.54, 1.807) is 0 Å². The zero-order valence-electron chi connectivity index (χ0n) is 33.5. The number of nitrogens with one attached hydrogen (secondary N) is 1. The van der Waals surface area contributed by atoms with Crippen molar-refractivity contribution in [2.75, 3.05) is 14.1 Å². The molecule has 5 aromatic carbocycles. The minimum atomic E-state index is -6.13. The molecule has 0 atom stereocenters. The summed E-state index contributed by atoms with van der Waals surface area (Å²) in [4.78, 5) is 1.37. The van der Waals surface area contributed by atoms with Gasteiger partial charge in [0, 0.05) is 0 Å². The maximum absolute atomic E-state index is 14.2. The number of para-hydroxylation sites is 1. The summed E-state index contributed by atoms with van der Waals surface area (Å²) in [5, 5.41) is 0. The quantitative estimate of drug-likeness (QED) is 0.133. The Labute approximate surface area is 373 Å². The van der Waals surface area contributed by atoms with Crippen molar-refractivity contribution in [2.45, 2.75) is 49.4 Å². The molecule has 1 N–H and O–H groups in total. The van der Waals surface area contributed by atoms with Crippen LogP contribution in [0.1, 0.15) is 44.5 Å². The van der Waals surface area contributed by atoms with E-state index in [4.69, 9.17) is 0 Å². The smallest absolute Gasteiger partial charge is 0.307 e. The molecule has 27 heteroatoms. The molecule has 0 spiro atoms. The normalized spacial score (nSPS) is 13.5. The Kier molecular flexibility index (Phi) is 15.9. The Bertz CT molecular complexity index is 2070. The van der Waals surface area contributed by atoms with Crippen LogP contribution in [0.15, 0.2) is 103 Å². The largest absolute Gasteiger partial charge is 1.00 e. The van der Waals surface area contributed by atoms with Crippen molar-refractivity contribution in [1.82, 2.24) is 0 Å². The van der Waals surface area contributed by atoms with E-state index >= 15 is 0 Å². The van der Waals surface area contributed by atoms with Crippen LogP contribution in [0, 0.1) is 0 Å². The maximum Gasteiger partial charge on any atom is 1.00 e. The standard InChI is InChI=1S/C32H12BF24.C8H11N.Li/c34-25(35,36)13-1-14(26(37,38)39)6-21(5-13)33(22-7-15(27(40,41)42)2-16(8-22)28(43,44)45,23-9-17(29(46,47)48)3-18(10-23)30(49,50)51)24-11-19(31(52,53)54)4-20(12-24)32(55,56)57;1-9(2)8-6-4-3-5-7-8;/h1-12H;3-7H,1-2H3;/q-1;;+1/p+1. The molecule has 360 valence electrons. The Balaban J connectivity index is 0.00000106. The first kappa shape index (κ1) is 56.4. The van der Waals surface area contributed by atoms with E-state index in [1.165, 1.54) is 10.6 Å². The summed E-state index contributed by atoms with van der Waals surface area (Å²) in [6, 6.07) is 1.58. The number of halogens is 24. The van der Waals surface area contributed by atoms with Gasteiger partial charge in [-0.3, -0.25) is 0 Å². The third-order valence-corrected chi connectivity index (χ3v) is 9.79. The molecule has 0 aliphatic carbocycles. The number of quaternary nitrogens is 1. The first-order valence-electron chi connectivity index (χ1n) is 17.8. The zero-order valence-corrected chi connectivity index (χ0v) is 33.5. The molecule has 0 aliphatic heterocycles. The van der Waals surface area contributed by atoms with Gasteiger partial charge >= 0.3 is 68.3 Å². The van der Waals surface area contributed by atoms with Crippen LogP contribution in [-0.2, 0) is 49.4 Å². The number of benzene rings is 5. The van der Waals surface area contributed by atoms with Crippen LogP contribution in [-0.4, -0.2) is 20.2 Å². The molecule has 67 heavy (non-hydrogen) atoms. The molecule has 1 nitrogen and oxygen atoms in total. The Morgan fingerprint density at radius 1 is 0.284 bits per heavy atom. The fraction of sp³-hybridized carbons (Fsp3) is 0.250. The molecule has 0 aliphatic rings.